The molecule has 1 spiro atoms. The molecule has 4 nitrogen and oxygen atoms in total. The molecule has 1 saturated carbocycles. The van der Waals surface area contributed by atoms with Gasteiger partial charge in [0.15, 0.2) is 11.5 Å². The number of ether oxygens (including phenoxy) is 3. The van der Waals surface area contributed by atoms with E-state index in [2.05, 4.69) is 0 Å². The molecular weight excluding hydrogens is 268 g/mol. The summed E-state index contributed by atoms with van der Waals surface area (Å²) in [6.45, 7) is 0.469. The molecular formula is C17H24O4. The fourth-order valence-electron chi connectivity index (χ4n) is 3.59. The highest BCUT2D eigenvalue weighted by atomic mass is 16.6. The molecule has 2 fully saturated rings. The van der Waals surface area contributed by atoms with Gasteiger partial charge in [-0.25, -0.2) is 0 Å². The van der Waals surface area contributed by atoms with Gasteiger partial charge in [-0.05, 0) is 31.7 Å². The smallest absolute Gasteiger partial charge is 0.166 e. The lowest BCUT2D eigenvalue weighted by Gasteiger charge is -2.24. The molecule has 1 aromatic carbocycles. The molecule has 1 unspecified atom stereocenters. The van der Waals surface area contributed by atoms with Gasteiger partial charge < -0.3 is 19.3 Å². The predicted octanol–water partition coefficient (Wildman–Crippen LogP) is 3.06. The maximum absolute atomic E-state index is 9.43. The lowest BCUT2D eigenvalue weighted by Crippen LogP contribution is -2.27. The van der Waals surface area contributed by atoms with Crippen LogP contribution >= 0.6 is 0 Å². The number of methoxy groups -OCH3 is 1. The minimum atomic E-state index is -0.0536. The molecule has 116 valence electrons. The minimum absolute atomic E-state index is 0.0536. The summed E-state index contributed by atoms with van der Waals surface area (Å²) in [5.41, 5.74) is 0.886. The van der Waals surface area contributed by atoms with Crippen LogP contribution in [0.5, 0.6) is 11.5 Å². The molecule has 2 aliphatic rings. The molecule has 0 radical (unpaired) electrons. The van der Waals surface area contributed by atoms with Crippen LogP contribution in [0.25, 0.3) is 0 Å². The summed E-state index contributed by atoms with van der Waals surface area (Å²) < 4.78 is 17.5. The first-order valence-electron chi connectivity index (χ1n) is 7.84. The summed E-state index contributed by atoms with van der Waals surface area (Å²) in [6.07, 6.45) is 7.33. The van der Waals surface area contributed by atoms with Crippen molar-refractivity contribution in [1.82, 2.24) is 0 Å². The van der Waals surface area contributed by atoms with E-state index in [-0.39, 0.29) is 18.3 Å². The third-order valence-corrected chi connectivity index (χ3v) is 4.72. The zero-order chi connectivity index (χ0) is 14.7. The zero-order valence-electron chi connectivity index (χ0n) is 12.6. The van der Waals surface area contributed by atoms with E-state index < -0.39 is 0 Å². The van der Waals surface area contributed by atoms with Crippen molar-refractivity contribution >= 4 is 0 Å². The lowest BCUT2D eigenvalue weighted by molar-refractivity contribution is -0.0512. The van der Waals surface area contributed by atoms with Crippen molar-refractivity contribution in [3.63, 3.8) is 0 Å². The SMILES string of the molecule is COc1cccc(CO)c1OCC1CCC2(CCCC2)O1. The third-order valence-electron chi connectivity index (χ3n) is 4.72. The maximum Gasteiger partial charge on any atom is 0.166 e. The Bertz CT molecular complexity index is 457. The summed E-state index contributed by atoms with van der Waals surface area (Å²) >= 11 is 0. The molecule has 1 atom stereocenters. The third kappa shape index (κ3) is 3.01. The lowest BCUT2D eigenvalue weighted by atomic mass is 9.98. The van der Waals surface area contributed by atoms with Gasteiger partial charge in [-0.15, -0.1) is 0 Å². The van der Waals surface area contributed by atoms with E-state index in [1.807, 2.05) is 18.2 Å². The van der Waals surface area contributed by atoms with Gasteiger partial charge in [0.2, 0.25) is 0 Å². The molecule has 1 aliphatic heterocycles. The van der Waals surface area contributed by atoms with Crippen LogP contribution in [0.4, 0.5) is 0 Å². The first-order chi connectivity index (χ1) is 10.3. The summed E-state index contributed by atoms with van der Waals surface area (Å²) in [4.78, 5) is 0. The van der Waals surface area contributed by atoms with Crippen LogP contribution in [-0.4, -0.2) is 30.5 Å². The van der Waals surface area contributed by atoms with Crippen molar-refractivity contribution in [3.8, 4) is 11.5 Å². The summed E-state index contributed by atoms with van der Waals surface area (Å²) in [7, 11) is 1.61. The van der Waals surface area contributed by atoms with Crippen molar-refractivity contribution in [2.75, 3.05) is 13.7 Å². The molecule has 0 aromatic heterocycles. The Kier molecular flexibility index (Phi) is 4.36. The van der Waals surface area contributed by atoms with Crippen LogP contribution in [0.2, 0.25) is 0 Å². The van der Waals surface area contributed by atoms with E-state index >= 15 is 0 Å². The number of hydrogen-bond donors (Lipinski definition) is 1. The molecule has 0 amide bonds. The second-order valence-electron chi connectivity index (χ2n) is 6.09. The monoisotopic (exact) mass is 292 g/mol. The average Bonchev–Trinajstić information content (AvgIpc) is 3.15. The van der Waals surface area contributed by atoms with Crippen LogP contribution in [-0.2, 0) is 11.3 Å². The highest BCUT2D eigenvalue weighted by Crippen LogP contribution is 2.43. The summed E-state index contributed by atoms with van der Waals surface area (Å²) in [6, 6.07) is 5.56. The Morgan fingerprint density at radius 1 is 1.29 bits per heavy atom. The van der Waals surface area contributed by atoms with Gasteiger partial charge in [0.05, 0.1) is 25.4 Å². The van der Waals surface area contributed by atoms with Gasteiger partial charge >= 0.3 is 0 Å². The van der Waals surface area contributed by atoms with Gasteiger partial charge in [-0.1, -0.05) is 25.0 Å². The van der Waals surface area contributed by atoms with E-state index in [9.17, 15) is 5.11 Å². The van der Waals surface area contributed by atoms with Crippen LogP contribution in [0, 0.1) is 0 Å². The largest absolute Gasteiger partial charge is 0.493 e. The molecule has 21 heavy (non-hydrogen) atoms. The number of para-hydroxylation sites is 1. The second-order valence-corrected chi connectivity index (χ2v) is 6.09. The molecule has 1 heterocycles. The maximum atomic E-state index is 9.43. The molecule has 1 aromatic rings. The Morgan fingerprint density at radius 2 is 2.10 bits per heavy atom. The van der Waals surface area contributed by atoms with Crippen molar-refractivity contribution in [2.24, 2.45) is 0 Å². The molecule has 0 bridgehead atoms. The van der Waals surface area contributed by atoms with Crippen LogP contribution in [0.1, 0.15) is 44.1 Å². The first kappa shape index (κ1) is 14.7. The van der Waals surface area contributed by atoms with Crippen molar-refractivity contribution in [2.45, 2.75) is 56.8 Å². The number of benzene rings is 1. The summed E-state index contributed by atoms with van der Waals surface area (Å²) in [5.74, 6) is 1.30. The number of aliphatic hydroxyl groups excluding tert-OH is 1. The Hall–Kier alpha value is -1.26. The number of hydrogen-bond acceptors (Lipinski definition) is 4. The zero-order valence-corrected chi connectivity index (χ0v) is 12.6. The topological polar surface area (TPSA) is 47.9 Å². The predicted molar refractivity (Wildman–Crippen MR) is 79.7 cm³/mol. The number of rotatable bonds is 5. The van der Waals surface area contributed by atoms with Crippen molar-refractivity contribution in [3.05, 3.63) is 23.8 Å². The standard InChI is InChI=1S/C17H24O4/c1-19-15-6-4-5-13(11-18)16(15)20-12-14-7-10-17(21-14)8-2-3-9-17/h4-6,14,18H,2-3,7-12H2,1H3. The minimum Gasteiger partial charge on any atom is -0.493 e. The van der Waals surface area contributed by atoms with Crippen LogP contribution in [0.3, 0.4) is 0 Å². The second kappa shape index (κ2) is 6.24. The fraction of sp³-hybridized carbons (Fsp3) is 0.647. The highest BCUT2D eigenvalue weighted by molar-refractivity contribution is 5.46. The normalized spacial score (nSPS) is 23.6. The quantitative estimate of drug-likeness (QED) is 0.906. The van der Waals surface area contributed by atoms with Gasteiger partial charge in [0.25, 0.3) is 0 Å². The molecule has 1 N–H and O–H groups in total. The van der Waals surface area contributed by atoms with Crippen LogP contribution < -0.4 is 9.47 Å². The van der Waals surface area contributed by atoms with Crippen LogP contribution in [0.15, 0.2) is 18.2 Å². The summed E-state index contributed by atoms with van der Waals surface area (Å²) in [5, 5.41) is 9.43. The van der Waals surface area contributed by atoms with Crippen molar-refractivity contribution < 1.29 is 19.3 Å². The van der Waals surface area contributed by atoms with Gasteiger partial charge in [0, 0.05) is 5.56 Å². The Balaban J connectivity index is 1.63. The van der Waals surface area contributed by atoms with E-state index in [4.69, 9.17) is 14.2 Å². The molecule has 4 heteroatoms. The van der Waals surface area contributed by atoms with Gasteiger partial charge in [0.1, 0.15) is 6.61 Å². The first-order valence-corrected chi connectivity index (χ1v) is 7.84. The van der Waals surface area contributed by atoms with E-state index in [1.165, 1.54) is 25.7 Å². The molecule has 3 rings (SSSR count). The molecule has 1 saturated heterocycles. The fourth-order valence-corrected chi connectivity index (χ4v) is 3.59. The Labute approximate surface area is 126 Å². The van der Waals surface area contributed by atoms with E-state index in [1.54, 1.807) is 7.11 Å². The average molecular weight is 292 g/mol. The number of aliphatic hydroxyl groups is 1. The highest BCUT2D eigenvalue weighted by Gasteiger charge is 2.42. The van der Waals surface area contributed by atoms with Gasteiger partial charge in [-0.3, -0.25) is 0 Å². The van der Waals surface area contributed by atoms with E-state index in [0.29, 0.717) is 18.1 Å². The Morgan fingerprint density at radius 3 is 2.81 bits per heavy atom. The van der Waals surface area contributed by atoms with E-state index in [0.717, 1.165) is 18.4 Å². The van der Waals surface area contributed by atoms with Gasteiger partial charge in [-0.2, -0.15) is 0 Å². The molecule has 1 aliphatic carbocycles. The van der Waals surface area contributed by atoms with Crippen molar-refractivity contribution in [1.29, 1.82) is 0 Å².